The van der Waals surface area contributed by atoms with Gasteiger partial charge in [0.1, 0.15) is 5.76 Å². The van der Waals surface area contributed by atoms with Gasteiger partial charge in [-0.05, 0) is 32.6 Å². The van der Waals surface area contributed by atoms with Gasteiger partial charge < -0.3 is 13.8 Å². The first-order chi connectivity index (χ1) is 12.5. The lowest BCUT2D eigenvalue weighted by Gasteiger charge is -2.31. The summed E-state index contributed by atoms with van der Waals surface area (Å²) >= 11 is 0. The van der Waals surface area contributed by atoms with Crippen LogP contribution in [-0.2, 0) is 24.1 Å². The van der Waals surface area contributed by atoms with Crippen molar-refractivity contribution in [2.24, 2.45) is 5.92 Å². The molecule has 1 aliphatic rings. The maximum atomic E-state index is 6.03. The van der Waals surface area contributed by atoms with Crippen LogP contribution in [0.5, 0.6) is 0 Å². The van der Waals surface area contributed by atoms with Crippen LogP contribution in [0.3, 0.4) is 0 Å². The van der Waals surface area contributed by atoms with E-state index in [-0.39, 0.29) is 0 Å². The smallest absolute Gasteiger partial charge is 0.226 e. The van der Waals surface area contributed by atoms with Crippen molar-refractivity contribution < 1.29 is 13.8 Å². The number of hydrogen-bond donors (Lipinski definition) is 0. The fourth-order valence-corrected chi connectivity index (χ4v) is 3.33. The first-order valence-electron chi connectivity index (χ1n) is 9.58. The number of likely N-dealkylation sites (tertiary alicyclic amines) is 1. The molecule has 1 aliphatic heterocycles. The zero-order valence-electron chi connectivity index (χ0n) is 16.3. The Morgan fingerprint density at radius 3 is 2.58 bits per heavy atom. The van der Waals surface area contributed by atoms with Gasteiger partial charge in [0.2, 0.25) is 5.89 Å². The summed E-state index contributed by atoms with van der Waals surface area (Å²) in [6, 6.07) is 0. The van der Waals surface area contributed by atoms with Crippen LogP contribution in [0, 0.1) is 19.8 Å². The van der Waals surface area contributed by atoms with Crippen LogP contribution in [0.1, 0.15) is 55.4 Å². The Hall–Kier alpha value is -1.73. The predicted octanol–water partition coefficient (Wildman–Crippen LogP) is 3.10. The third-order valence-corrected chi connectivity index (χ3v) is 4.87. The van der Waals surface area contributed by atoms with Crippen molar-refractivity contribution in [3.63, 3.8) is 0 Å². The highest BCUT2D eigenvalue weighted by Gasteiger charge is 2.22. The molecule has 0 spiro atoms. The van der Waals surface area contributed by atoms with Gasteiger partial charge in [0, 0.05) is 38.0 Å². The zero-order valence-corrected chi connectivity index (χ0v) is 16.3. The lowest BCUT2D eigenvalue weighted by atomic mass is 10.1. The molecule has 0 N–H and O–H groups in total. The van der Waals surface area contributed by atoms with Crippen molar-refractivity contribution in [3.05, 3.63) is 28.7 Å². The molecule has 3 heterocycles. The van der Waals surface area contributed by atoms with Gasteiger partial charge in [0.05, 0.1) is 18.4 Å². The SMILES string of the molecule is Cc1noc(C)c1CN1CCC(OCCc2noc(CC(C)C)n2)CC1. The average Bonchev–Trinajstić information content (AvgIpc) is 3.17. The van der Waals surface area contributed by atoms with Crippen LogP contribution in [0.25, 0.3) is 0 Å². The first-order valence-corrected chi connectivity index (χ1v) is 9.58. The molecule has 0 bridgehead atoms. The van der Waals surface area contributed by atoms with Gasteiger partial charge in [0.25, 0.3) is 0 Å². The van der Waals surface area contributed by atoms with Crippen molar-refractivity contribution >= 4 is 0 Å². The number of piperidine rings is 1. The second-order valence-electron chi connectivity index (χ2n) is 7.60. The van der Waals surface area contributed by atoms with Gasteiger partial charge >= 0.3 is 0 Å². The monoisotopic (exact) mass is 362 g/mol. The number of aromatic nitrogens is 3. The molecule has 2 aromatic heterocycles. The van der Waals surface area contributed by atoms with E-state index in [0.29, 0.717) is 25.0 Å². The summed E-state index contributed by atoms with van der Waals surface area (Å²) in [4.78, 5) is 6.87. The number of rotatable bonds is 8. The molecule has 0 aliphatic carbocycles. The van der Waals surface area contributed by atoms with Gasteiger partial charge in [-0.15, -0.1) is 0 Å². The lowest BCUT2D eigenvalue weighted by Crippen LogP contribution is -2.37. The third-order valence-electron chi connectivity index (χ3n) is 4.87. The Bertz CT molecular complexity index is 667. The molecule has 26 heavy (non-hydrogen) atoms. The van der Waals surface area contributed by atoms with E-state index in [9.17, 15) is 0 Å². The number of hydrogen-bond acceptors (Lipinski definition) is 7. The first kappa shape index (κ1) is 19.0. The molecule has 144 valence electrons. The summed E-state index contributed by atoms with van der Waals surface area (Å²) in [6.07, 6.45) is 3.96. The fraction of sp³-hybridized carbons (Fsp3) is 0.737. The van der Waals surface area contributed by atoms with Crippen molar-refractivity contribution in [3.8, 4) is 0 Å². The molecule has 0 saturated carbocycles. The van der Waals surface area contributed by atoms with Crippen molar-refractivity contribution in [2.45, 2.75) is 66.0 Å². The molecule has 0 unspecified atom stereocenters. The second kappa shape index (κ2) is 8.77. The van der Waals surface area contributed by atoms with Crippen LogP contribution < -0.4 is 0 Å². The molecular weight excluding hydrogens is 332 g/mol. The maximum absolute atomic E-state index is 6.03. The van der Waals surface area contributed by atoms with Gasteiger partial charge in [-0.25, -0.2) is 0 Å². The molecule has 1 saturated heterocycles. The molecule has 1 fully saturated rings. The lowest BCUT2D eigenvalue weighted by molar-refractivity contribution is 0.00667. The van der Waals surface area contributed by atoms with E-state index in [1.165, 1.54) is 5.56 Å². The Balaban J connectivity index is 1.36. The largest absolute Gasteiger partial charge is 0.378 e. The zero-order chi connectivity index (χ0) is 18.5. The normalized spacial score (nSPS) is 16.7. The molecule has 0 aromatic carbocycles. The molecular formula is C19H30N4O3. The molecule has 7 heteroatoms. The highest BCUT2D eigenvalue weighted by Crippen LogP contribution is 2.20. The minimum atomic E-state index is 0.318. The van der Waals surface area contributed by atoms with Gasteiger partial charge in [0.15, 0.2) is 5.82 Å². The van der Waals surface area contributed by atoms with Crippen LogP contribution in [0.2, 0.25) is 0 Å². The van der Waals surface area contributed by atoms with E-state index in [2.05, 4.69) is 34.0 Å². The Labute approximate surface area is 155 Å². The maximum Gasteiger partial charge on any atom is 0.226 e. The van der Waals surface area contributed by atoms with E-state index in [4.69, 9.17) is 13.8 Å². The number of ether oxygens (including phenoxy) is 1. The second-order valence-corrected chi connectivity index (χ2v) is 7.60. The van der Waals surface area contributed by atoms with Gasteiger partial charge in [-0.1, -0.05) is 24.2 Å². The van der Waals surface area contributed by atoms with Gasteiger partial charge in [-0.2, -0.15) is 4.98 Å². The molecule has 7 nitrogen and oxygen atoms in total. The van der Waals surface area contributed by atoms with Crippen molar-refractivity contribution in [2.75, 3.05) is 19.7 Å². The van der Waals surface area contributed by atoms with Gasteiger partial charge in [-0.3, -0.25) is 4.90 Å². The fourth-order valence-electron chi connectivity index (χ4n) is 3.33. The standard InChI is InChI=1S/C19H30N4O3/c1-13(2)11-19-20-18(22-26-19)7-10-24-16-5-8-23(9-6-16)12-17-14(3)21-25-15(17)4/h13,16H,5-12H2,1-4H3. The minimum absolute atomic E-state index is 0.318. The van der Waals surface area contributed by atoms with Crippen molar-refractivity contribution in [1.29, 1.82) is 0 Å². The summed E-state index contributed by atoms with van der Waals surface area (Å²) in [7, 11) is 0. The minimum Gasteiger partial charge on any atom is -0.378 e. The molecule has 0 amide bonds. The molecule has 2 aromatic rings. The van der Waals surface area contributed by atoms with E-state index < -0.39 is 0 Å². The summed E-state index contributed by atoms with van der Waals surface area (Å²) in [5.74, 6) is 2.92. The Morgan fingerprint density at radius 2 is 1.92 bits per heavy atom. The number of nitrogens with zero attached hydrogens (tertiary/aromatic N) is 4. The van der Waals surface area contributed by atoms with Crippen LogP contribution in [0.15, 0.2) is 9.05 Å². The van der Waals surface area contributed by atoms with E-state index in [1.807, 2.05) is 13.8 Å². The number of aryl methyl sites for hydroxylation is 2. The van der Waals surface area contributed by atoms with E-state index in [0.717, 1.165) is 62.1 Å². The Morgan fingerprint density at radius 1 is 1.15 bits per heavy atom. The van der Waals surface area contributed by atoms with Crippen LogP contribution in [0.4, 0.5) is 0 Å². The van der Waals surface area contributed by atoms with Crippen molar-refractivity contribution in [1.82, 2.24) is 20.2 Å². The summed E-state index contributed by atoms with van der Waals surface area (Å²) in [5, 5.41) is 8.07. The molecule has 0 atom stereocenters. The molecule has 3 rings (SSSR count). The van der Waals surface area contributed by atoms with Crippen LogP contribution >= 0.6 is 0 Å². The Kier molecular flexibility index (Phi) is 6.43. The highest BCUT2D eigenvalue weighted by molar-refractivity contribution is 5.20. The summed E-state index contributed by atoms with van der Waals surface area (Å²) < 4.78 is 16.5. The average molecular weight is 362 g/mol. The third kappa shape index (κ3) is 5.14. The summed E-state index contributed by atoms with van der Waals surface area (Å²) in [6.45, 7) is 11.9. The predicted molar refractivity (Wildman–Crippen MR) is 96.8 cm³/mol. The highest BCUT2D eigenvalue weighted by atomic mass is 16.5. The van der Waals surface area contributed by atoms with Crippen LogP contribution in [-0.4, -0.2) is 46.0 Å². The van der Waals surface area contributed by atoms with E-state index in [1.54, 1.807) is 0 Å². The van der Waals surface area contributed by atoms with E-state index >= 15 is 0 Å². The topological polar surface area (TPSA) is 77.4 Å². The molecule has 0 radical (unpaired) electrons. The summed E-state index contributed by atoms with van der Waals surface area (Å²) in [5.41, 5.74) is 2.22. The quantitative estimate of drug-likeness (QED) is 0.714.